The van der Waals surface area contributed by atoms with Crippen molar-refractivity contribution in [3.05, 3.63) is 28.5 Å². The second kappa shape index (κ2) is 4.69. The van der Waals surface area contributed by atoms with Gasteiger partial charge >= 0.3 is 12.1 Å². The average Bonchev–Trinajstić information content (AvgIpc) is 2.15. The molecule has 0 aliphatic heterocycles. The zero-order chi connectivity index (χ0) is 12.3. The van der Waals surface area contributed by atoms with Gasteiger partial charge in [-0.25, -0.2) is 4.79 Å². The van der Waals surface area contributed by atoms with Crippen LogP contribution in [0.5, 0.6) is 0 Å². The van der Waals surface area contributed by atoms with Crippen LogP contribution in [0.2, 0.25) is 5.02 Å². The molecule has 0 saturated carbocycles. The highest BCUT2D eigenvalue weighted by Gasteiger charge is 2.38. The molecule has 0 saturated heterocycles. The Bertz CT molecular complexity index is 406. The number of ether oxygens (including phenoxy) is 1. The molecule has 0 aliphatic rings. The SMILES string of the molecule is CCOC(=O)c1cncc(Cl)c1C(F)(F)F. The fourth-order valence-corrected chi connectivity index (χ4v) is 1.35. The topological polar surface area (TPSA) is 39.2 Å². The van der Waals surface area contributed by atoms with Crippen LogP contribution in [0.15, 0.2) is 12.4 Å². The summed E-state index contributed by atoms with van der Waals surface area (Å²) >= 11 is 5.37. The van der Waals surface area contributed by atoms with Crippen LogP contribution in [0, 0.1) is 0 Å². The van der Waals surface area contributed by atoms with Crippen LogP contribution in [0.1, 0.15) is 22.8 Å². The highest BCUT2D eigenvalue weighted by molar-refractivity contribution is 6.31. The minimum absolute atomic E-state index is 0.0252. The lowest BCUT2D eigenvalue weighted by Crippen LogP contribution is -2.16. The first-order valence-electron chi connectivity index (χ1n) is 4.25. The van der Waals surface area contributed by atoms with Gasteiger partial charge in [-0.2, -0.15) is 13.2 Å². The molecule has 0 spiro atoms. The van der Waals surface area contributed by atoms with Crippen LogP contribution in [0.4, 0.5) is 13.2 Å². The lowest BCUT2D eigenvalue weighted by atomic mass is 10.1. The van der Waals surface area contributed by atoms with Crippen molar-refractivity contribution in [1.29, 1.82) is 0 Å². The van der Waals surface area contributed by atoms with E-state index in [4.69, 9.17) is 11.6 Å². The highest BCUT2D eigenvalue weighted by Crippen LogP contribution is 2.36. The molecule has 0 atom stereocenters. The summed E-state index contributed by atoms with van der Waals surface area (Å²) in [6, 6.07) is 0. The fraction of sp³-hybridized carbons (Fsp3) is 0.333. The Labute approximate surface area is 94.2 Å². The van der Waals surface area contributed by atoms with E-state index in [1.54, 1.807) is 0 Å². The molecule has 88 valence electrons. The molecule has 0 unspecified atom stereocenters. The van der Waals surface area contributed by atoms with Crippen molar-refractivity contribution in [1.82, 2.24) is 4.98 Å². The summed E-state index contributed by atoms with van der Waals surface area (Å²) in [5.74, 6) is -1.09. The summed E-state index contributed by atoms with van der Waals surface area (Å²) < 4.78 is 42.3. The number of hydrogen-bond donors (Lipinski definition) is 0. The summed E-state index contributed by atoms with van der Waals surface area (Å²) in [7, 11) is 0. The fourth-order valence-electron chi connectivity index (χ4n) is 1.09. The van der Waals surface area contributed by atoms with Crippen LogP contribution in [-0.2, 0) is 10.9 Å². The van der Waals surface area contributed by atoms with E-state index in [-0.39, 0.29) is 6.61 Å². The smallest absolute Gasteiger partial charge is 0.418 e. The number of alkyl halides is 3. The van der Waals surface area contributed by atoms with Gasteiger partial charge in [0.25, 0.3) is 0 Å². The molecule has 0 amide bonds. The maximum absolute atomic E-state index is 12.6. The Morgan fingerprint density at radius 3 is 2.62 bits per heavy atom. The van der Waals surface area contributed by atoms with Crippen molar-refractivity contribution in [3.63, 3.8) is 0 Å². The number of esters is 1. The Kier molecular flexibility index (Phi) is 3.74. The first kappa shape index (κ1) is 12.8. The van der Waals surface area contributed by atoms with Crippen LogP contribution in [-0.4, -0.2) is 17.6 Å². The molecule has 0 radical (unpaired) electrons. The van der Waals surface area contributed by atoms with Gasteiger partial charge in [0.05, 0.1) is 22.8 Å². The lowest BCUT2D eigenvalue weighted by Gasteiger charge is -2.12. The summed E-state index contributed by atoms with van der Waals surface area (Å²) in [5, 5.41) is -0.627. The van der Waals surface area contributed by atoms with Crippen LogP contribution >= 0.6 is 11.6 Å². The largest absolute Gasteiger partial charge is 0.462 e. The highest BCUT2D eigenvalue weighted by atomic mass is 35.5. The number of hydrogen-bond acceptors (Lipinski definition) is 3. The standard InChI is InChI=1S/C9H7ClF3NO2/c1-2-16-8(15)5-3-14-4-6(10)7(5)9(11,12)13/h3-4H,2H2,1H3. The van der Waals surface area contributed by atoms with Gasteiger partial charge in [0.15, 0.2) is 0 Å². The average molecular weight is 254 g/mol. The Morgan fingerprint density at radius 2 is 2.12 bits per heavy atom. The number of nitrogens with zero attached hydrogens (tertiary/aromatic N) is 1. The first-order chi connectivity index (χ1) is 7.38. The zero-order valence-electron chi connectivity index (χ0n) is 8.14. The van der Waals surface area contributed by atoms with E-state index in [1.165, 1.54) is 6.92 Å². The van der Waals surface area contributed by atoms with E-state index in [1.807, 2.05) is 0 Å². The minimum Gasteiger partial charge on any atom is -0.462 e. The summed E-state index contributed by atoms with van der Waals surface area (Å²) in [6.45, 7) is 1.46. The van der Waals surface area contributed by atoms with Gasteiger partial charge in [-0.15, -0.1) is 0 Å². The van der Waals surface area contributed by atoms with Crippen molar-refractivity contribution in [2.24, 2.45) is 0 Å². The van der Waals surface area contributed by atoms with Gasteiger partial charge in [-0.05, 0) is 6.92 Å². The van der Waals surface area contributed by atoms with E-state index in [9.17, 15) is 18.0 Å². The molecule has 1 aromatic heterocycles. The Balaban J connectivity index is 3.29. The van der Waals surface area contributed by atoms with Crippen molar-refractivity contribution in [3.8, 4) is 0 Å². The van der Waals surface area contributed by atoms with E-state index < -0.39 is 28.3 Å². The van der Waals surface area contributed by atoms with Crippen LogP contribution < -0.4 is 0 Å². The predicted octanol–water partition coefficient (Wildman–Crippen LogP) is 2.93. The summed E-state index contributed by atoms with van der Waals surface area (Å²) in [4.78, 5) is 14.7. The number of halogens is 4. The van der Waals surface area contributed by atoms with Crippen molar-refractivity contribution < 1.29 is 22.7 Å². The molecule has 7 heteroatoms. The third-order valence-electron chi connectivity index (χ3n) is 1.68. The molecular weight excluding hydrogens is 247 g/mol. The van der Waals surface area contributed by atoms with Crippen molar-refractivity contribution in [2.75, 3.05) is 6.61 Å². The normalized spacial score (nSPS) is 11.3. The van der Waals surface area contributed by atoms with Crippen LogP contribution in [0.3, 0.4) is 0 Å². The molecular formula is C9H7ClF3NO2. The molecule has 1 heterocycles. The van der Waals surface area contributed by atoms with Gasteiger partial charge in [0.2, 0.25) is 0 Å². The van der Waals surface area contributed by atoms with E-state index in [0.29, 0.717) is 0 Å². The molecule has 0 aromatic carbocycles. The monoisotopic (exact) mass is 253 g/mol. The molecule has 0 fully saturated rings. The minimum atomic E-state index is -4.72. The van der Waals surface area contributed by atoms with Gasteiger partial charge < -0.3 is 4.74 Å². The van der Waals surface area contributed by atoms with Gasteiger partial charge in [0.1, 0.15) is 0 Å². The molecule has 3 nitrogen and oxygen atoms in total. The third-order valence-corrected chi connectivity index (χ3v) is 1.97. The van der Waals surface area contributed by atoms with E-state index >= 15 is 0 Å². The second-order valence-electron chi connectivity index (χ2n) is 2.76. The maximum Gasteiger partial charge on any atom is 0.418 e. The molecule has 0 aliphatic carbocycles. The number of carbonyl (C=O) groups is 1. The van der Waals surface area contributed by atoms with E-state index in [0.717, 1.165) is 12.4 Å². The zero-order valence-corrected chi connectivity index (χ0v) is 8.89. The van der Waals surface area contributed by atoms with Gasteiger partial charge in [-0.1, -0.05) is 11.6 Å². The maximum atomic E-state index is 12.6. The lowest BCUT2D eigenvalue weighted by molar-refractivity contribution is -0.138. The summed E-state index contributed by atoms with van der Waals surface area (Å²) in [6.07, 6.45) is -3.11. The summed E-state index contributed by atoms with van der Waals surface area (Å²) in [5.41, 5.74) is -1.90. The quantitative estimate of drug-likeness (QED) is 0.761. The molecule has 1 aromatic rings. The number of pyridine rings is 1. The number of carbonyl (C=O) groups excluding carboxylic acids is 1. The Hall–Kier alpha value is -1.30. The number of aromatic nitrogens is 1. The van der Waals surface area contributed by atoms with Gasteiger partial charge in [-0.3, -0.25) is 4.98 Å². The van der Waals surface area contributed by atoms with Crippen LogP contribution in [0.25, 0.3) is 0 Å². The van der Waals surface area contributed by atoms with Crippen molar-refractivity contribution >= 4 is 17.6 Å². The van der Waals surface area contributed by atoms with E-state index in [2.05, 4.69) is 9.72 Å². The molecule has 1 rings (SSSR count). The van der Waals surface area contributed by atoms with Gasteiger partial charge in [0, 0.05) is 12.4 Å². The Morgan fingerprint density at radius 1 is 1.50 bits per heavy atom. The molecule has 0 N–H and O–H groups in total. The first-order valence-corrected chi connectivity index (χ1v) is 4.63. The molecule has 16 heavy (non-hydrogen) atoms. The second-order valence-corrected chi connectivity index (χ2v) is 3.17. The number of rotatable bonds is 2. The predicted molar refractivity (Wildman–Crippen MR) is 50.2 cm³/mol. The third kappa shape index (κ3) is 2.63. The molecule has 0 bridgehead atoms. The van der Waals surface area contributed by atoms with Crippen molar-refractivity contribution in [2.45, 2.75) is 13.1 Å².